The van der Waals surface area contributed by atoms with Gasteiger partial charge < -0.3 is 0 Å². The summed E-state index contributed by atoms with van der Waals surface area (Å²) < 4.78 is 2.32. The first kappa shape index (κ1) is 23.0. The van der Waals surface area contributed by atoms with Gasteiger partial charge in [0, 0.05) is 11.6 Å². The van der Waals surface area contributed by atoms with Crippen LogP contribution in [0.15, 0.2) is 79.0 Å². The SMILES string of the molecule is Cc1ccc(C2CCCCC2)cc1-c1c2ccc([Si](C)(C)Cc3ccccc3)cc2cc[n+]1C. The lowest BCUT2D eigenvalue weighted by molar-refractivity contribution is -0.659. The molecule has 0 N–H and O–H groups in total. The van der Waals surface area contributed by atoms with Crippen LogP contribution in [0, 0.1) is 6.92 Å². The Morgan fingerprint density at radius 3 is 2.38 bits per heavy atom. The Hall–Kier alpha value is -2.71. The van der Waals surface area contributed by atoms with E-state index in [-0.39, 0.29) is 0 Å². The minimum absolute atomic E-state index is 0.727. The molecule has 0 saturated heterocycles. The van der Waals surface area contributed by atoms with Gasteiger partial charge in [-0.05, 0) is 60.4 Å². The normalized spacial score (nSPS) is 15.1. The molecule has 1 heterocycles. The van der Waals surface area contributed by atoms with Gasteiger partial charge >= 0.3 is 0 Å². The van der Waals surface area contributed by atoms with Crippen LogP contribution in [0.4, 0.5) is 0 Å². The molecular formula is C32H38NSi+. The van der Waals surface area contributed by atoms with Gasteiger partial charge in [-0.1, -0.05) is 97.7 Å². The fraction of sp³-hybridized carbons (Fsp3) is 0.344. The van der Waals surface area contributed by atoms with E-state index in [1.54, 1.807) is 0 Å². The summed E-state index contributed by atoms with van der Waals surface area (Å²) in [5.74, 6) is 0.727. The zero-order valence-electron chi connectivity index (χ0n) is 21.3. The molecule has 0 atom stereocenters. The number of rotatable bonds is 5. The maximum Gasteiger partial charge on any atom is 0.220 e. The highest BCUT2D eigenvalue weighted by atomic mass is 28.3. The van der Waals surface area contributed by atoms with E-state index in [0.29, 0.717) is 0 Å². The van der Waals surface area contributed by atoms with Crippen LogP contribution in [0.25, 0.3) is 22.0 Å². The van der Waals surface area contributed by atoms with Crippen molar-refractivity contribution in [3.05, 3.63) is 95.7 Å². The Kier molecular flexibility index (Phi) is 6.44. The second-order valence-electron chi connectivity index (χ2n) is 11.0. The maximum atomic E-state index is 2.50. The van der Waals surface area contributed by atoms with Gasteiger partial charge in [0.1, 0.15) is 7.05 Å². The van der Waals surface area contributed by atoms with Crippen molar-refractivity contribution in [2.24, 2.45) is 7.05 Å². The summed E-state index contributed by atoms with van der Waals surface area (Å²) in [6.07, 6.45) is 9.09. The molecule has 3 aromatic carbocycles. The molecule has 0 unspecified atom stereocenters. The number of aryl methyl sites for hydroxylation is 2. The minimum Gasteiger partial charge on any atom is -0.200 e. The zero-order valence-corrected chi connectivity index (χ0v) is 22.3. The van der Waals surface area contributed by atoms with E-state index in [0.717, 1.165) is 5.92 Å². The molecule has 0 bridgehead atoms. The topological polar surface area (TPSA) is 3.88 Å². The number of nitrogens with zero attached hydrogens (tertiary/aromatic N) is 1. The Bertz CT molecular complexity index is 1300. The summed E-state index contributed by atoms with van der Waals surface area (Å²) in [4.78, 5) is 0. The average Bonchev–Trinajstić information content (AvgIpc) is 2.85. The van der Waals surface area contributed by atoms with E-state index in [4.69, 9.17) is 0 Å². The Balaban J connectivity index is 1.56. The number of pyridine rings is 1. The van der Waals surface area contributed by atoms with Gasteiger partial charge in [-0.25, -0.2) is 4.57 Å². The molecule has 1 aliphatic carbocycles. The number of benzene rings is 3. The van der Waals surface area contributed by atoms with Gasteiger partial charge in [-0.3, -0.25) is 0 Å². The van der Waals surface area contributed by atoms with E-state index in [1.165, 1.54) is 82.1 Å². The van der Waals surface area contributed by atoms with Crippen molar-refractivity contribution in [2.45, 2.75) is 64.1 Å². The van der Waals surface area contributed by atoms with E-state index in [1.807, 2.05) is 0 Å². The molecular weight excluding hydrogens is 426 g/mol. The second-order valence-corrected chi connectivity index (χ2v) is 15.7. The van der Waals surface area contributed by atoms with Crippen LogP contribution in [0.2, 0.25) is 13.1 Å². The summed E-state index contributed by atoms with van der Waals surface area (Å²) in [7, 11) is 0.601. The Morgan fingerprint density at radius 2 is 1.62 bits per heavy atom. The van der Waals surface area contributed by atoms with Gasteiger partial charge in [-0.15, -0.1) is 0 Å². The molecule has 1 aromatic heterocycles. The van der Waals surface area contributed by atoms with Crippen LogP contribution in [0.3, 0.4) is 0 Å². The third-order valence-electron chi connectivity index (χ3n) is 8.00. The maximum absolute atomic E-state index is 2.50. The fourth-order valence-corrected chi connectivity index (χ4v) is 8.46. The fourth-order valence-electron chi connectivity index (χ4n) is 5.92. The molecule has 1 aliphatic rings. The van der Waals surface area contributed by atoms with Gasteiger partial charge in [0.2, 0.25) is 5.69 Å². The summed E-state index contributed by atoms with van der Waals surface area (Å²) >= 11 is 0. The first-order valence-electron chi connectivity index (χ1n) is 13.0. The van der Waals surface area contributed by atoms with E-state index in [9.17, 15) is 0 Å². The molecule has 4 aromatic rings. The summed E-state index contributed by atoms with van der Waals surface area (Å²) in [6, 6.07) is 29.0. The molecule has 1 fully saturated rings. The van der Waals surface area contributed by atoms with E-state index >= 15 is 0 Å². The van der Waals surface area contributed by atoms with E-state index < -0.39 is 8.07 Å². The lowest BCUT2D eigenvalue weighted by Gasteiger charge is -2.24. The number of fused-ring (bicyclic) bond motifs is 1. The lowest BCUT2D eigenvalue weighted by atomic mass is 9.82. The molecule has 5 rings (SSSR count). The van der Waals surface area contributed by atoms with Crippen molar-refractivity contribution in [3.8, 4) is 11.3 Å². The molecule has 1 nitrogen and oxygen atoms in total. The van der Waals surface area contributed by atoms with Crippen LogP contribution in [0.5, 0.6) is 0 Å². The standard InChI is InChI=1S/C32H38NSi/c1-24-15-16-27(26-13-9-6-10-14-26)22-31(24)32-30-18-17-29(21-28(30)19-20-33(32)2)34(3,4)23-25-11-7-5-8-12-25/h5,7-8,11-12,15-22,26H,6,9-10,13-14,23H2,1-4H3/q+1. The molecule has 0 spiro atoms. The van der Waals surface area contributed by atoms with Crippen LogP contribution in [-0.4, -0.2) is 8.07 Å². The summed E-state index contributed by atoms with van der Waals surface area (Å²) in [5, 5.41) is 4.26. The Labute approximate surface area is 206 Å². The second kappa shape index (κ2) is 9.50. The van der Waals surface area contributed by atoms with Gasteiger partial charge in [0.05, 0.1) is 13.5 Å². The number of hydrogen-bond donors (Lipinski definition) is 0. The molecule has 0 aliphatic heterocycles. The van der Waals surface area contributed by atoms with Crippen LogP contribution in [0.1, 0.15) is 54.7 Å². The smallest absolute Gasteiger partial charge is 0.200 e. The van der Waals surface area contributed by atoms with E-state index in [2.05, 4.69) is 111 Å². The molecule has 0 radical (unpaired) electrons. The van der Waals surface area contributed by atoms with Crippen molar-refractivity contribution >= 4 is 24.0 Å². The first-order chi connectivity index (χ1) is 16.4. The van der Waals surface area contributed by atoms with Crippen molar-refractivity contribution in [3.63, 3.8) is 0 Å². The van der Waals surface area contributed by atoms with Crippen molar-refractivity contribution in [1.29, 1.82) is 0 Å². The molecule has 2 heteroatoms. The van der Waals surface area contributed by atoms with Crippen LogP contribution >= 0.6 is 0 Å². The quantitative estimate of drug-likeness (QED) is 0.214. The Morgan fingerprint density at radius 1 is 0.853 bits per heavy atom. The van der Waals surface area contributed by atoms with Crippen molar-refractivity contribution in [1.82, 2.24) is 0 Å². The highest BCUT2D eigenvalue weighted by molar-refractivity contribution is 6.89. The predicted octanol–water partition coefficient (Wildman–Crippen LogP) is 7.38. The van der Waals surface area contributed by atoms with Crippen molar-refractivity contribution < 1.29 is 4.57 Å². The summed E-state index contributed by atoms with van der Waals surface area (Å²) in [6.45, 7) is 7.27. The van der Waals surface area contributed by atoms with Crippen LogP contribution in [-0.2, 0) is 13.1 Å². The van der Waals surface area contributed by atoms with Gasteiger partial charge in [0.15, 0.2) is 6.20 Å². The molecule has 174 valence electrons. The highest BCUT2D eigenvalue weighted by Crippen LogP contribution is 2.36. The van der Waals surface area contributed by atoms with Gasteiger partial charge in [0.25, 0.3) is 0 Å². The third kappa shape index (κ3) is 4.61. The number of aromatic nitrogens is 1. The molecule has 1 saturated carbocycles. The average molecular weight is 465 g/mol. The first-order valence-corrected chi connectivity index (χ1v) is 16.2. The van der Waals surface area contributed by atoms with Crippen molar-refractivity contribution in [2.75, 3.05) is 0 Å². The zero-order chi connectivity index (χ0) is 23.7. The highest BCUT2D eigenvalue weighted by Gasteiger charge is 2.26. The summed E-state index contributed by atoms with van der Waals surface area (Å²) in [5.41, 5.74) is 7.09. The minimum atomic E-state index is -1.60. The third-order valence-corrected chi connectivity index (χ3v) is 11.2. The monoisotopic (exact) mass is 464 g/mol. The number of hydrogen-bond acceptors (Lipinski definition) is 0. The van der Waals surface area contributed by atoms with Crippen LogP contribution < -0.4 is 9.75 Å². The largest absolute Gasteiger partial charge is 0.220 e. The predicted molar refractivity (Wildman–Crippen MR) is 148 cm³/mol. The molecule has 0 amide bonds. The lowest BCUT2D eigenvalue weighted by Crippen LogP contribution is -2.44. The molecule has 34 heavy (non-hydrogen) atoms. The van der Waals surface area contributed by atoms with Gasteiger partial charge in [-0.2, -0.15) is 0 Å².